The van der Waals surface area contributed by atoms with Crippen LogP contribution in [0.2, 0.25) is 0 Å². The summed E-state index contributed by atoms with van der Waals surface area (Å²) in [7, 11) is 0. The molecule has 1 amide bonds. The molecule has 6 heteroatoms. The molecule has 1 aliphatic rings. The zero-order valence-electron chi connectivity index (χ0n) is 16.6. The van der Waals surface area contributed by atoms with Gasteiger partial charge in [-0.25, -0.2) is 9.97 Å². The molecule has 0 saturated carbocycles. The molecule has 29 heavy (non-hydrogen) atoms. The van der Waals surface area contributed by atoms with E-state index in [9.17, 15) is 4.79 Å². The SMILES string of the molecule is CCc1ccc(NC(=O)c2cnc(N3CCN(c4ccccc4)CC3)cn2)cc1. The van der Waals surface area contributed by atoms with E-state index in [1.165, 1.54) is 11.3 Å². The van der Waals surface area contributed by atoms with E-state index >= 15 is 0 Å². The molecular formula is C23H25N5O. The largest absolute Gasteiger partial charge is 0.368 e. The summed E-state index contributed by atoms with van der Waals surface area (Å²) >= 11 is 0. The second-order valence-corrected chi connectivity index (χ2v) is 7.07. The second kappa shape index (κ2) is 8.73. The summed E-state index contributed by atoms with van der Waals surface area (Å²) < 4.78 is 0. The number of aromatic nitrogens is 2. The van der Waals surface area contributed by atoms with Gasteiger partial charge in [0.05, 0.1) is 12.4 Å². The Kier molecular flexibility index (Phi) is 5.70. The summed E-state index contributed by atoms with van der Waals surface area (Å²) in [5, 5.41) is 2.87. The summed E-state index contributed by atoms with van der Waals surface area (Å²) in [5.41, 5.74) is 3.56. The van der Waals surface area contributed by atoms with Gasteiger partial charge in [0, 0.05) is 37.6 Å². The van der Waals surface area contributed by atoms with Crippen molar-refractivity contribution in [1.82, 2.24) is 9.97 Å². The number of anilines is 3. The lowest BCUT2D eigenvalue weighted by molar-refractivity contribution is 0.102. The van der Waals surface area contributed by atoms with Crippen molar-refractivity contribution in [2.75, 3.05) is 41.3 Å². The molecule has 1 saturated heterocycles. The lowest BCUT2D eigenvalue weighted by atomic mass is 10.1. The number of amides is 1. The topological polar surface area (TPSA) is 61.4 Å². The van der Waals surface area contributed by atoms with Gasteiger partial charge in [0.15, 0.2) is 0 Å². The van der Waals surface area contributed by atoms with E-state index in [2.05, 4.69) is 56.3 Å². The Balaban J connectivity index is 1.34. The minimum atomic E-state index is -0.248. The van der Waals surface area contributed by atoms with Crippen molar-refractivity contribution in [3.05, 3.63) is 78.2 Å². The molecule has 0 aliphatic carbocycles. The molecule has 6 nitrogen and oxygen atoms in total. The lowest BCUT2D eigenvalue weighted by Crippen LogP contribution is -2.46. The van der Waals surface area contributed by atoms with Gasteiger partial charge >= 0.3 is 0 Å². The highest BCUT2D eigenvalue weighted by Crippen LogP contribution is 2.18. The van der Waals surface area contributed by atoms with E-state index in [4.69, 9.17) is 0 Å². The van der Waals surface area contributed by atoms with Crippen LogP contribution in [0.15, 0.2) is 67.0 Å². The van der Waals surface area contributed by atoms with Crippen LogP contribution in [-0.2, 0) is 6.42 Å². The first-order valence-electron chi connectivity index (χ1n) is 10.00. The van der Waals surface area contributed by atoms with Crippen LogP contribution in [0.4, 0.5) is 17.2 Å². The Hall–Kier alpha value is -3.41. The predicted octanol–water partition coefficient (Wildman–Crippen LogP) is 3.62. The van der Waals surface area contributed by atoms with Crippen LogP contribution in [0, 0.1) is 0 Å². The van der Waals surface area contributed by atoms with Gasteiger partial charge in [0.2, 0.25) is 0 Å². The molecular weight excluding hydrogens is 362 g/mol. The maximum atomic E-state index is 12.4. The van der Waals surface area contributed by atoms with Crippen molar-refractivity contribution in [2.24, 2.45) is 0 Å². The van der Waals surface area contributed by atoms with Gasteiger partial charge in [-0.1, -0.05) is 37.3 Å². The number of nitrogens with one attached hydrogen (secondary N) is 1. The van der Waals surface area contributed by atoms with E-state index in [1.807, 2.05) is 30.3 Å². The first kappa shape index (κ1) is 18.9. The number of hydrogen-bond acceptors (Lipinski definition) is 5. The van der Waals surface area contributed by atoms with Crippen LogP contribution < -0.4 is 15.1 Å². The molecule has 3 aromatic rings. The number of piperazine rings is 1. The molecule has 0 unspecified atom stereocenters. The smallest absolute Gasteiger partial charge is 0.275 e. The zero-order chi connectivity index (χ0) is 20.1. The average molecular weight is 387 g/mol. The van der Waals surface area contributed by atoms with Crippen molar-refractivity contribution in [2.45, 2.75) is 13.3 Å². The highest BCUT2D eigenvalue weighted by Gasteiger charge is 2.19. The van der Waals surface area contributed by atoms with Crippen molar-refractivity contribution in [3.8, 4) is 0 Å². The number of benzene rings is 2. The molecule has 4 rings (SSSR count). The molecule has 2 heterocycles. The predicted molar refractivity (Wildman–Crippen MR) is 117 cm³/mol. The maximum Gasteiger partial charge on any atom is 0.275 e. The molecule has 0 radical (unpaired) electrons. The fraction of sp³-hybridized carbons (Fsp3) is 0.261. The molecule has 1 fully saturated rings. The van der Waals surface area contributed by atoms with E-state index in [0.29, 0.717) is 5.69 Å². The van der Waals surface area contributed by atoms with E-state index in [1.54, 1.807) is 12.4 Å². The molecule has 1 N–H and O–H groups in total. The summed E-state index contributed by atoms with van der Waals surface area (Å²) in [5.74, 6) is 0.559. The van der Waals surface area contributed by atoms with Crippen LogP contribution in [0.25, 0.3) is 0 Å². The Bertz CT molecular complexity index is 933. The number of para-hydroxylation sites is 1. The quantitative estimate of drug-likeness (QED) is 0.725. The van der Waals surface area contributed by atoms with Crippen molar-refractivity contribution in [3.63, 3.8) is 0 Å². The van der Waals surface area contributed by atoms with Crippen LogP contribution in [0.3, 0.4) is 0 Å². The third-order valence-electron chi connectivity index (χ3n) is 5.22. The first-order valence-corrected chi connectivity index (χ1v) is 10.00. The Morgan fingerprint density at radius 2 is 1.59 bits per heavy atom. The summed E-state index contributed by atoms with van der Waals surface area (Å²) in [6.07, 6.45) is 4.21. The third-order valence-corrected chi connectivity index (χ3v) is 5.22. The van der Waals surface area contributed by atoms with Crippen LogP contribution in [-0.4, -0.2) is 42.1 Å². The minimum Gasteiger partial charge on any atom is -0.368 e. The lowest BCUT2D eigenvalue weighted by Gasteiger charge is -2.36. The average Bonchev–Trinajstić information content (AvgIpc) is 2.80. The monoisotopic (exact) mass is 387 g/mol. The summed E-state index contributed by atoms with van der Waals surface area (Å²) in [6.45, 7) is 5.72. The normalized spacial score (nSPS) is 14.0. The maximum absolute atomic E-state index is 12.4. The zero-order valence-corrected chi connectivity index (χ0v) is 16.6. The van der Waals surface area contributed by atoms with Gasteiger partial charge in [-0.15, -0.1) is 0 Å². The molecule has 0 atom stereocenters. The number of aryl methyl sites for hydroxylation is 1. The van der Waals surface area contributed by atoms with Crippen LogP contribution in [0.1, 0.15) is 23.0 Å². The van der Waals surface area contributed by atoms with Gasteiger partial charge in [0.25, 0.3) is 5.91 Å². The van der Waals surface area contributed by atoms with Gasteiger partial charge in [-0.3, -0.25) is 4.79 Å². The number of carbonyl (C=O) groups excluding carboxylic acids is 1. The second-order valence-electron chi connectivity index (χ2n) is 7.07. The Labute approximate surface area is 171 Å². The standard InChI is InChI=1S/C23H25N5O/c1-2-18-8-10-19(11-9-18)26-23(29)21-16-25-22(17-24-21)28-14-12-27(13-15-28)20-6-4-3-5-7-20/h3-11,16-17H,2,12-15H2,1H3,(H,26,29). The van der Waals surface area contributed by atoms with E-state index in [-0.39, 0.29) is 5.91 Å². The van der Waals surface area contributed by atoms with Gasteiger partial charge in [0.1, 0.15) is 11.5 Å². The highest BCUT2D eigenvalue weighted by atomic mass is 16.1. The van der Waals surface area contributed by atoms with Crippen molar-refractivity contribution < 1.29 is 4.79 Å². The molecule has 2 aromatic carbocycles. The number of rotatable bonds is 5. The van der Waals surface area contributed by atoms with E-state index in [0.717, 1.165) is 44.1 Å². The van der Waals surface area contributed by atoms with E-state index < -0.39 is 0 Å². The van der Waals surface area contributed by atoms with Crippen LogP contribution in [0.5, 0.6) is 0 Å². The highest BCUT2D eigenvalue weighted by molar-refractivity contribution is 6.02. The van der Waals surface area contributed by atoms with Crippen LogP contribution >= 0.6 is 0 Å². The Morgan fingerprint density at radius 1 is 0.897 bits per heavy atom. The summed E-state index contributed by atoms with van der Waals surface area (Å²) in [4.78, 5) is 25.8. The van der Waals surface area contributed by atoms with Crippen molar-refractivity contribution >= 4 is 23.1 Å². The Morgan fingerprint density at radius 3 is 2.21 bits per heavy atom. The fourth-order valence-corrected chi connectivity index (χ4v) is 3.45. The molecule has 0 bridgehead atoms. The van der Waals surface area contributed by atoms with Crippen molar-refractivity contribution in [1.29, 1.82) is 0 Å². The minimum absolute atomic E-state index is 0.248. The first-order chi connectivity index (χ1) is 14.2. The molecule has 1 aliphatic heterocycles. The third kappa shape index (κ3) is 4.54. The molecule has 1 aromatic heterocycles. The van der Waals surface area contributed by atoms with Gasteiger partial charge in [-0.2, -0.15) is 0 Å². The molecule has 148 valence electrons. The molecule has 0 spiro atoms. The van der Waals surface area contributed by atoms with Gasteiger partial charge < -0.3 is 15.1 Å². The summed E-state index contributed by atoms with van der Waals surface area (Å²) in [6, 6.07) is 18.3. The number of hydrogen-bond donors (Lipinski definition) is 1. The van der Waals surface area contributed by atoms with Gasteiger partial charge in [-0.05, 0) is 36.2 Å². The number of nitrogens with zero attached hydrogens (tertiary/aromatic N) is 4. The number of carbonyl (C=O) groups is 1. The fourth-order valence-electron chi connectivity index (χ4n) is 3.45.